The van der Waals surface area contributed by atoms with E-state index in [1.54, 1.807) is 24.3 Å². The number of hydrogen-bond donors (Lipinski definition) is 1. The normalized spacial score (nSPS) is 17.9. The minimum atomic E-state index is -0.0920. The highest BCUT2D eigenvalue weighted by atomic mass is 16.5. The predicted molar refractivity (Wildman–Crippen MR) is 79.1 cm³/mol. The number of nitrogens with zero attached hydrogens (tertiary/aromatic N) is 3. The lowest BCUT2D eigenvalue weighted by atomic mass is 10.1. The summed E-state index contributed by atoms with van der Waals surface area (Å²) in [6.45, 7) is 2.26. The number of piperidine rings is 1. The Morgan fingerprint density at radius 3 is 3.14 bits per heavy atom. The molecule has 0 saturated carbocycles. The van der Waals surface area contributed by atoms with Gasteiger partial charge in [-0.2, -0.15) is 4.98 Å². The molecule has 8 heteroatoms. The SMILES string of the molecule is COCCNC(=O)N1CCCC(Oc2ccnc(OC)n2)C1. The highest BCUT2D eigenvalue weighted by Gasteiger charge is 2.25. The van der Waals surface area contributed by atoms with Gasteiger partial charge >= 0.3 is 12.0 Å². The largest absolute Gasteiger partial charge is 0.472 e. The first-order valence-corrected chi connectivity index (χ1v) is 7.28. The summed E-state index contributed by atoms with van der Waals surface area (Å²) in [6.07, 6.45) is 3.28. The smallest absolute Gasteiger partial charge is 0.319 e. The van der Waals surface area contributed by atoms with Gasteiger partial charge in [-0.05, 0) is 12.8 Å². The second kappa shape index (κ2) is 8.38. The number of likely N-dealkylation sites (tertiary alicyclic amines) is 1. The summed E-state index contributed by atoms with van der Waals surface area (Å²) in [5.41, 5.74) is 0. The number of methoxy groups -OCH3 is 2. The predicted octanol–water partition coefficient (Wildman–Crippen LogP) is 0.684. The third-order valence-electron chi connectivity index (χ3n) is 3.33. The van der Waals surface area contributed by atoms with E-state index in [1.807, 2.05) is 0 Å². The summed E-state index contributed by atoms with van der Waals surface area (Å²) < 4.78 is 15.7. The zero-order valence-electron chi connectivity index (χ0n) is 12.9. The van der Waals surface area contributed by atoms with E-state index in [2.05, 4.69) is 15.3 Å². The maximum absolute atomic E-state index is 12.0. The molecule has 2 rings (SSSR count). The zero-order valence-corrected chi connectivity index (χ0v) is 12.9. The number of nitrogens with one attached hydrogen (secondary N) is 1. The third-order valence-corrected chi connectivity index (χ3v) is 3.33. The van der Waals surface area contributed by atoms with Gasteiger partial charge in [0.15, 0.2) is 0 Å². The number of ether oxygens (including phenoxy) is 3. The summed E-state index contributed by atoms with van der Waals surface area (Å²) in [7, 11) is 3.11. The quantitative estimate of drug-likeness (QED) is 0.778. The number of hydrogen-bond acceptors (Lipinski definition) is 6. The molecule has 1 aromatic rings. The Balaban J connectivity index is 1.85. The number of rotatable bonds is 6. The molecule has 122 valence electrons. The molecule has 1 aliphatic heterocycles. The van der Waals surface area contributed by atoms with Crippen LogP contribution < -0.4 is 14.8 Å². The van der Waals surface area contributed by atoms with E-state index in [1.165, 1.54) is 7.11 Å². The number of urea groups is 1. The van der Waals surface area contributed by atoms with Crippen molar-refractivity contribution in [3.63, 3.8) is 0 Å². The average Bonchev–Trinajstić information content (AvgIpc) is 2.55. The molecule has 2 amide bonds. The van der Waals surface area contributed by atoms with E-state index in [0.717, 1.165) is 19.4 Å². The van der Waals surface area contributed by atoms with Crippen LogP contribution in [0, 0.1) is 0 Å². The van der Waals surface area contributed by atoms with Gasteiger partial charge in [0.1, 0.15) is 6.10 Å². The monoisotopic (exact) mass is 310 g/mol. The lowest BCUT2D eigenvalue weighted by molar-refractivity contribution is 0.0959. The number of carbonyl (C=O) groups is 1. The Bertz CT molecular complexity index is 486. The average molecular weight is 310 g/mol. The zero-order chi connectivity index (χ0) is 15.8. The molecule has 1 N–H and O–H groups in total. The van der Waals surface area contributed by atoms with Crippen LogP contribution in [0.5, 0.6) is 11.9 Å². The summed E-state index contributed by atoms with van der Waals surface area (Å²) in [5, 5.41) is 2.82. The van der Waals surface area contributed by atoms with Crippen molar-refractivity contribution in [2.24, 2.45) is 0 Å². The molecular formula is C14H22N4O4. The topological polar surface area (TPSA) is 85.8 Å². The van der Waals surface area contributed by atoms with Crippen LogP contribution in [-0.4, -0.2) is 67.5 Å². The fourth-order valence-electron chi connectivity index (χ4n) is 2.25. The highest BCUT2D eigenvalue weighted by Crippen LogP contribution is 2.17. The molecule has 22 heavy (non-hydrogen) atoms. The first-order chi connectivity index (χ1) is 10.7. The summed E-state index contributed by atoms with van der Waals surface area (Å²) >= 11 is 0. The second-order valence-corrected chi connectivity index (χ2v) is 4.93. The van der Waals surface area contributed by atoms with Crippen molar-refractivity contribution < 1.29 is 19.0 Å². The highest BCUT2D eigenvalue weighted by molar-refractivity contribution is 5.74. The van der Waals surface area contributed by atoms with Gasteiger partial charge in [0.2, 0.25) is 5.88 Å². The third kappa shape index (κ3) is 4.73. The molecule has 0 aliphatic carbocycles. The van der Waals surface area contributed by atoms with Crippen molar-refractivity contribution in [1.29, 1.82) is 0 Å². The van der Waals surface area contributed by atoms with E-state index in [4.69, 9.17) is 14.2 Å². The number of carbonyl (C=O) groups excluding carboxylic acids is 1. The van der Waals surface area contributed by atoms with E-state index in [-0.39, 0.29) is 18.1 Å². The van der Waals surface area contributed by atoms with Gasteiger partial charge in [0.25, 0.3) is 0 Å². The minimum Gasteiger partial charge on any atom is -0.472 e. The van der Waals surface area contributed by atoms with Crippen LogP contribution in [-0.2, 0) is 4.74 Å². The lowest BCUT2D eigenvalue weighted by Crippen LogP contribution is -2.49. The van der Waals surface area contributed by atoms with Gasteiger partial charge < -0.3 is 24.4 Å². The Labute approximate surface area is 129 Å². The van der Waals surface area contributed by atoms with E-state index < -0.39 is 0 Å². The standard InChI is InChI=1S/C14H22N4O4/c1-20-9-7-16-14(19)18-8-3-4-11(10-18)22-12-5-6-15-13(17-12)21-2/h5-6,11H,3-4,7-10H2,1-2H3,(H,16,19). The Morgan fingerprint density at radius 2 is 2.36 bits per heavy atom. The summed E-state index contributed by atoms with van der Waals surface area (Å²) in [5.74, 6) is 0.457. The van der Waals surface area contributed by atoms with E-state index >= 15 is 0 Å². The van der Waals surface area contributed by atoms with Gasteiger partial charge in [0, 0.05) is 32.5 Å². The molecule has 0 bridgehead atoms. The van der Waals surface area contributed by atoms with Crippen LogP contribution in [0.2, 0.25) is 0 Å². The molecular weight excluding hydrogens is 288 g/mol. The summed E-state index contributed by atoms with van der Waals surface area (Å²) in [4.78, 5) is 21.8. The fraction of sp³-hybridized carbons (Fsp3) is 0.643. The molecule has 1 fully saturated rings. The van der Waals surface area contributed by atoms with Gasteiger partial charge in [-0.1, -0.05) is 0 Å². The van der Waals surface area contributed by atoms with Crippen LogP contribution in [0.4, 0.5) is 4.79 Å². The lowest BCUT2D eigenvalue weighted by Gasteiger charge is -2.32. The van der Waals surface area contributed by atoms with Crippen molar-refractivity contribution in [2.45, 2.75) is 18.9 Å². The molecule has 1 aromatic heterocycles. The van der Waals surface area contributed by atoms with Crippen molar-refractivity contribution in [1.82, 2.24) is 20.2 Å². The molecule has 0 aromatic carbocycles. The Hall–Kier alpha value is -2.09. The first kappa shape index (κ1) is 16.3. The number of aromatic nitrogens is 2. The molecule has 1 saturated heterocycles. The minimum absolute atomic E-state index is 0.0819. The Kier molecular flexibility index (Phi) is 6.20. The van der Waals surface area contributed by atoms with Crippen molar-refractivity contribution in [3.05, 3.63) is 12.3 Å². The van der Waals surface area contributed by atoms with Gasteiger partial charge in [-0.3, -0.25) is 0 Å². The fourth-order valence-corrected chi connectivity index (χ4v) is 2.25. The molecule has 1 atom stereocenters. The van der Waals surface area contributed by atoms with Crippen molar-refractivity contribution in [2.75, 3.05) is 40.5 Å². The van der Waals surface area contributed by atoms with Crippen molar-refractivity contribution >= 4 is 6.03 Å². The van der Waals surface area contributed by atoms with Crippen LogP contribution >= 0.6 is 0 Å². The van der Waals surface area contributed by atoms with Crippen LogP contribution in [0.3, 0.4) is 0 Å². The van der Waals surface area contributed by atoms with Crippen LogP contribution in [0.1, 0.15) is 12.8 Å². The van der Waals surface area contributed by atoms with Crippen molar-refractivity contribution in [3.8, 4) is 11.9 Å². The van der Waals surface area contributed by atoms with Gasteiger partial charge in [0.05, 0.1) is 20.3 Å². The van der Waals surface area contributed by atoms with Gasteiger partial charge in [-0.25, -0.2) is 9.78 Å². The molecule has 0 radical (unpaired) electrons. The van der Waals surface area contributed by atoms with Crippen LogP contribution in [0.15, 0.2) is 12.3 Å². The second-order valence-electron chi connectivity index (χ2n) is 4.93. The maximum atomic E-state index is 12.0. The molecule has 2 heterocycles. The molecule has 1 unspecified atom stereocenters. The summed E-state index contributed by atoms with van der Waals surface area (Å²) in [6, 6.07) is 1.85. The van der Waals surface area contributed by atoms with Crippen LogP contribution in [0.25, 0.3) is 0 Å². The van der Waals surface area contributed by atoms with Gasteiger partial charge in [-0.15, -0.1) is 0 Å². The molecule has 1 aliphatic rings. The van der Waals surface area contributed by atoms with E-state index in [9.17, 15) is 4.79 Å². The molecule has 8 nitrogen and oxygen atoms in total. The first-order valence-electron chi connectivity index (χ1n) is 7.28. The Morgan fingerprint density at radius 1 is 1.50 bits per heavy atom. The maximum Gasteiger partial charge on any atom is 0.319 e. The molecule has 0 spiro atoms. The van der Waals surface area contributed by atoms with E-state index in [0.29, 0.717) is 25.6 Å². The number of amides is 2.